The standard InChI is InChI=1S/C17H26FNO2/c1-13(2)19-10-14-6-7-17(18)15(9-14)11-20-12-16-5-3-4-8-21-16/h6-7,9,13,16,19H,3-5,8,10-12H2,1-2H3. The summed E-state index contributed by atoms with van der Waals surface area (Å²) in [4.78, 5) is 0. The van der Waals surface area contributed by atoms with E-state index in [9.17, 15) is 4.39 Å². The van der Waals surface area contributed by atoms with E-state index in [2.05, 4.69) is 19.2 Å². The Kier molecular flexibility index (Phi) is 6.61. The molecule has 0 aromatic heterocycles. The third kappa shape index (κ3) is 5.73. The number of rotatable bonds is 7. The van der Waals surface area contributed by atoms with Gasteiger partial charge in [-0.3, -0.25) is 0 Å². The van der Waals surface area contributed by atoms with Crippen molar-refractivity contribution < 1.29 is 13.9 Å². The van der Waals surface area contributed by atoms with Crippen molar-refractivity contribution in [1.29, 1.82) is 0 Å². The lowest BCUT2D eigenvalue weighted by Gasteiger charge is -2.22. The molecule has 1 aliphatic heterocycles. The van der Waals surface area contributed by atoms with E-state index in [1.54, 1.807) is 0 Å². The Morgan fingerprint density at radius 2 is 2.24 bits per heavy atom. The van der Waals surface area contributed by atoms with Gasteiger partial charge in [0, 0.05) is 24.8 Å². The monoisotopic (exact) mass is 295 g/mol. The molecule has 0 amide bonds. The first kappa shape index (κ1) is 16.4. The smallest absolute Gasteiger partial charge is 0.128 e. The van der Waals surface area contributed by atoms with Crippen molar-refractivity contribution in [3.63, 3.8) is 0 Å². The second-order valence-electron chi connectivity index (χ2n) is 5.97. The predicted octanol–water partition coefficient (Wildman–Crippen LogP) is 3.41. The maximum absolute atomic E-state index is 13.8. The maximum Gasteiger partial charge on any atom is 0.128 e. The van der Waals surface area contributed by atoms with Crippen LogP contribution >= 0.6 is 0 Å². The maximum atomic E-state index is 13.8. The molecule has 21 heavy (non-hydrogen) atoms. The van der Waals surface area contributed by atoms with Crippen molar-refractivity contribution in [1.82, 2.24) is 5.32 Å². The molecular weight excluding hydrogens is 269 g/mol. The zero-order valence-corrected chi connectivity index (χ0v) is 13.0. The van der Waals surface area contributed by atoms with E-state index in [-0.39, 0.29) is 11.9 Å². The minimum Gasteiger partial charge on any atom is -0.376 e. The molecule has 1 atom stereocenters. The summed E-state index contributed by atoms with van der Waals surface area (Å²) in [5.74, 6) is -0.201. The van der Waals surface area contributed by atoms with Crippen molar-refractivity contribution in [2.24, 2.45) is 0 Å². The van der Waals surface area contributed by atoms with E-state index >= 15 is 0 Å². The second-order valence-corrected chi connectivity index (χ2v) is 5.97. The summed E-state index contributed by atoms with van der Waals surface area (Å²) in [6.45, 7) is 6.61. The van der Waals surface area contributed by atoms with Crippen molar-refractivity contribution >= 4 is 0 Å². The zero-order chi connectivity index (χ0) is 15.1. The molecule has 0 spiro atoms. The topological polar surface area (TPSA) is 30.5 Å². The molecule has 3 nitrogen and oxygen atoms in total. The van der Waals surface area contributed by atoms with Gasteiger partial charge >= 0.3 is 0 Å². The SMILES string of the molecule is CC(C)NCc1ccc(F)c(COCC2CCCCO2)c1. The van der Waals surface area contributed by atoms with E-state index < -0.39 is 0 Å². The van der Waals surface area contributed by atoms with Gasteiger partial charge in [-0.05, 0) is 37.0 Å². The molecule has 0 saturated carbocycles. The van der Waals surface area contributed by atoms with Crippen LogP contribution in [0.2, 0.25) is 0 Å². The molecule has 0 radical (unpaired) electrons. The fourth-order valence-corrected chi connectivity index (χ4v) is 2.41. The van der Waals surface area contributed by atoms with Gasteiger partial charge in [-0.2, -0.15) is 0 Å². The molecule has 0 aliphatic carbocycles. The van der Waals surface area contributed by atoms with Gasteiger partial charge in [-0.1, -0.05) is 19.9 Å². The van der Waals surface area contributed by atoms with Crippen LogP contribution in [0, 0.1) is 5.82 Å². The fraction of sp³-hybridized carbons (Fsp3) is 0.647. The highest BCUT2D eigenvalue weighted by Crippen LogP contribution is 2.15. The Hall–Kier alpha value is -0.970. The molecule has 2 rings (SSSR count). The van der Waals surface area contributed by atoms with E-state index in [1.165, 1.54) is 12.5 Å². The van der Waals surface area contributed by atoms with Gasteiger partial charge in [-0.15, -0.1) is 0 Å². The lowest BCUT2D eigenvalue weighted by molar-refractivity contribution is -0.0451. The van der Waals surface area contributed by atoms with Crippen LogP contribution in [0.4, 0.5) is 4.39 Å². The summed E-state index contributed by atoms with van der Waals surface area (Å²) in [5, 5.41) is 3.33. The first-order valence-corrected chi connectivity index (χ1v) is 7.85. The summed E-state index contributed by atoms with van der Waals surface area (Å²) in [7, 11) is 0. The third-order valence-corrected chi connectivity index (χ3v) is 3.66. The van der Waals surface area contributed by atoms with E-state index in [0.29, 0.717) is 24.8 Å². The average molecular weight is 295 g/mol. The minimum absolute atomic E-state index is 0.174. The lowest BCUT2D eigenvalue weighted by Crippen LogP contribution is -2.24. The molecular formula is C17H26FNO2. The third-order valence-electron chi connectivity index (χ3n) is 3.66. The van der Waals surface area contributed by atoms with Crippen LogP contribution in [0.25, 0.3) is 0 Å². The number of benzene rings is 1. The Labute approximate surface area is 126 Å². The molecule has 1 aromatic carbocycles. The lowest BCUT2D eigenvalue weighted by atomic mass is 10.1. The Balaban J connectivity index is 1.81. The number of halogens is 1. The Morgan fingerprint density at radius 3 is 2.95 bits per heavy atom. The molecule has 1 heterocycles. The summed E-state index contributed by atoms with van der Waals surface area (Å²) in [6, 6.07) is 5.64. The van der Waals surface area contributed by atoms with Crippen molar-refractivity contribution in [3.05, 3.63) is 35.1 Å². The zero-order valence-electron chi connectivity index (χ0n) is 13.0. The summed E-state index contributed by atoms with van der Waals surface area (Å²) in [6.07, 6.45) is 3.54. The number of nitrogens with one attached hydrogen (secondary N) is 1. The van der Waals surface area contributed by atoms with Crippen LogP contribution in [0.15, 0.2) is 18.2 Å². The van der Waals surface area contributed by atoms with Gasteiger partial charge in [0.15, 0.2) is 0 Å². The largest absolute Gasteiger partial charge is 0.376 e. The Bertz CT molecular complexity index is 431. The van der Waals surface area contributed by atoms with Crippen LogP contribution in [-0.4, -0.2) is 25.4 Å². The summed E-state index contributed by atoms with van der Waals surface area (Å²) < 4.78 is 25.0. The van der Waals surface area contributed by atoms with Gasteiger partial charge in [0.2, 0.25) is 0 Å². The average Bonchev–Trinajstić information content (AvgIpc) is 2.49. The summed E-state index contributed by atoms with van der Waals surface area (Å²) in [5.41, 5.74) is 1.70. The normalized spacial score (nSPS) is 19.1. The number of ether oxygens (including phenoxy) is 2. The molecule has 1 aromatic rings. The second kappa shape index (κ2) is 8.47. The minimum atomic E-state index is -0.201. The van der Waals surface area contributed by atoms with Gasteiger partial charge in [0.1, 0.15) is 5.82 Å². The highest BCUT2D eigenvalue weighted by atomic mass is 19.1. The molecule has 1 saturated heterocycles. The number of hydrogen-bond donors (Lipinski definition) is 1. The van der Waals surface area contributed by atoms with Crippen molar-refractivity contribution in [2.45, 2.75) is 58.4 Å². The first-order valence-electron chi connectivity index (χ1n) is 7.85. The molecule has 1 unspecified atom stereocenters. The van der Waals surface area contributed by atoms with Gasteiger partial charge in [0.05, 0.1) is 19.3 Å². The molecule has 1 fully saturated rings. The summed E-state index contributed by atoms with van der Waals surface area (Å²) >= 11 is 0. The predicted molar refractivity (Wildman–Crippen MR) is 81.6 cm³/mol. The van der Waals surface area contributed by atoms with Crippen LogP contribution in [-0.2, 0) is 22.6 Å². The van der Waals surface area contributed by atoms with Gasteiger partial charge in [0.25, 0.3) is 0 Å². The fourth-order valence-electron chi connectivity index (χ4n) is 2.41. The van der Waals surface area contributed by atoms with Crippen LogP contribution in [0.5, 0.6) is 0 Å². The molecule has 1 N–H and O–H groups in total. The van der Waals surface area contributed by atoms with Crippen molar-refractivity contribution in [2.75, 3.05) is 13.2 Å². The van der Waals surface area contributed by atoms with Gasteiger partial charge in [-0.25, -0.2) is 4.39 Å². The van der Waals surface area contributed by atoms with Crippen LogP contribution in [0.3, 0.4) is 0 Å². The highest BCUT2D eigenvalue weighted by Gasteiger charge is 2.14. The molecule has 0 bridgehead atoms. The van der Waals surface area contributed by atoms with Gasteiger partial charge < -0.3 is 14.8 Å². The van der Waals surface area contributed by atoms with E-state index in [1.807, 2.05) is 12.1 Å². The quantitative estimate of drug-likeness (QED) is 0.836. The highest BCUT2D eigenvalue weighted by molar-refractivity contribution is 5.24. The molecule has 1 aliphatic rings. The molecule has 4 heteroatoms. The van der Waals surface area contributed by atoms with Crippen LogP contribution in [0.1, 0.15) is 44.2 Å². The van der Waals surface area contributed by atoms with E-state index in [0.717, 1.165) is 31.6 Å². The van der Waals surface area contributed by atoms with E-state index in [4.69, 9.17) is 9.47 Å². The molecule has 118 valence electrons. The Morgan fingerprint density at radius 1 is 1.38 bits per heavy atom. The van der Waals surface area contributed by atoms with Crippen molar-refractivity contribution in [3.8, 4) is 0 Å². The first-order chi connectivity index (χ1) is 10.1. The van der Waals surface area contributed by atoms with Crippen LogP contribution < -0.4 is 5.32 Å². The number of hydrogen-bond acceptors (Lipinski definition) is 3.